The molecule has 1 saturated heterocycles. The number of hydrogen-bond donors (Lipinski definition) is 3. The molecule has 0 radical (unpaired) electrons. The summed E-state index contributed by atoms with van der Waals surface area (Å²) in [6.45, 7) is 3.16. The number of hydrogen-bond acceptors (Lipinski definition) is 7. The molecule has 2 aromatic carbocycles. The second-order valence-corrected chi connectivity index (χ2v) is 10.8. The van der Waals surface area contributed by atoms with Gasteiger partial charge in [-0.05, 0) is 59.8 Å². The van der Waals surface area contributed by atoms with Crippen molar-refractivity contribution in [1.82, 2.24) is 14.2 Å². The number of sulfonamides is 1. The molecule has 1 atom stereocenters. The molecule has 0 aliphatic carbocycles. The van der Waals surface area contributed by atoms with Crippen LogP contribution in [0.1, 0.15) is 5.69 Å². The van der Waals surface area contributed by atoms with E-state index in [1.54, 1.807) is 12.1 Å². The molecule has 36 heavy (non-hydrogen) atoms. The van der Waals surface area contributed by atoms with Gasteiger partial charge in [-0.1, -0.05) is 18.2 Å². The van der Waals surface area contributed by atoms with Crippen molar-refractivity contribution in [2.75, 3.05) is 51.3 Å². The molecule has 3 N–H and O–H groups in total. The van der Waals surface area contributed by atoms with E-state index in [-0.39, 0.29) is 6.54 Å². The number of piperazine rings is 1. The Labute approximate surface area is 211 Å². The Morgan fingerprint density at radius 1 is 1.08 bits per heavy atom. The van der Waals surface area contributed by atoms with Gasteiger partial charge < -0.3 is 24.6 Å². The van der Waals surface area contributed by atoms with Crippen molar-refractivity contribution in [2.24, 2.45) is 7.05 Å². The highest BCUT2D eigenvalue weighted by Gasteiger charge is 2.20. The predicted molar refractivity (Wildman–Crippen MR) is 142 cm³/mol. The van der Waals surface area contributed by atoms with Gasteiger partial charge in [-0.25, -0.2) is 13.1 Å². The topological polar surface area (TPSA) is 122 Å². The number of anilines is 1. The third-order valence-electron chi connectivity index (χ3n) is 6.55. The molecule has 1 aliphatic rings. The number of nitrogens with zero attached hydrogens (tertiary/aromatic N) is 4. The molecule has 0 saturated carbocycles. The number of nitriles is 1. The van der Waals surface area contributed by atoms with E-state index in [2.05, 4.69) is 51.9 Å². The van der Waals surface area contributed by atoms with Crippen LogP contribution in [0.15, 0.2) is 53.4 Å². The Balaban J connectivity index is 1.58. The number of benzene rings is 2. The summed E-state index contributed by atoms with van der Waals surface area (Å²) < 4.78 is 28.9. The van der Waals surface area contributed by atoms with Crippen LogP contribution in [0.3, 0.4) is 0 Å². The molecule has 10 heteroatoms. The number of fused-ring (bicyclic) bond motifs is 1. The fourth-order valence-electron chi connectivity index (χ4n) is 4.27. The van der Waals surface area contributed by atoms with E-state index in [4.69, 9.17) is 5.11 Å². The largest absolute Gasteiger partial charge is 0.394 e. The molecule has 190 valence electrons. The second-order valence-electron chi connectivity index (χ2n) is 9.05. The lowest BCUT2D eigenvalue weighted by Crippen LogP contribution is -2.44. The highest BCUT2D eigenvalue weighted by atomic mass is 32.2. The first-order valence-electron chi connectivity index (χ1n) is 11.8. The zero-order valence-corrected chi connectivity index (χ0v) is 21.2. The van der Waals surface area contributed by atoms with E-state index in [1.807, 2.05) is 23.7 Å². The number of likely N-dealkylation sites (N-methyl/N-ethyl adjacent to an activating group) is 1. The summed E-state index contributed by atoms with van der Waals surface area (Å²) in [5.41, 5.74) is 3.62. The van der Waals surface area contributed by atoms with Gasteiger partial charge in [-0.15, -0.1) is 0 Å². The van der Waals surface area contributed by atoms with E-state index in [1.165, 1.54) is 11.8 Å². The Morgan fingerprint density at radius 2 is 1.78 bits per heavy atom. The normalized spacial score (nSPS) is 16.3. The molecule has 0 bridgehead atoms. The molecule has 3 aromatic rings. The molecule has 1 aromatic heterocycles. The van der Waals surface area contributed by atoms with Crippen molar-refractivity contribution < 1.29 is 18.6 Å². The standard InChI is InChI=1S/C26H31N5O4S/c1-29-9-11-31(12-10-29)23-6-5-19-13-21(4-3-20(19)14-23)26-8-7-22(30(26)2)15-25(16-27)36(34,35)28-17-24(33)18-32/h3-8,13-15,24,28,32-33H,9-12,17-18H2,1-2H3/b25-15+. The second kappa shape index (κ2) is 10.8. The van der Waals surface area contributed by atoms with Crippen LogP contribution in [0.2, 0.25) is 0 Å². The third-order valence-corrected chi connectivity index (χ3v) is 7.88. The van der Waals surface area contributed by atoms with Gasteiger partial charge in [0.1, 0.15) is 6.07 Å². The van der Waals surface area contributed by atoms with Crippen molar-refractivity contribution in [3.63, 3.8) is 0 Å². The van der Waals surface area contributed by atoms with E-state index >= 15 is 0 Å². The van der Waals surface area contributed by atoms with Crippen molar-refractivity contribution in [3.05, 3.63) is 59.1 Å². The average Bonchev–Trinajstić information content (AvgIpc) is 3.25. The van der Waals surface area contributed by atoms with E-state index in [0.29, 0.717) is 5.69 Å². The van der Waals surface area contributed by atoms with Gasteiger partial charge in [0.25, 0.3) is 10.0 Å². The summed E-state index contributed by atoms with van der Waals surface area (Å²) >= 11 is 0. The van der Waals surface area contributed by atoms with Gasteiger partial charge in [0, 0.05) is 56.8 Å². The first kappa shape index (κ1) is 25.9. The van der Waals surface area contributed by atoms with Crippen LogP contribution < -0.4 is 9.62 Å². The SMILES string of the molecule is CN1CCN(c2ccc3cc(-c4ccc(/C=C(\C#N)S(=O)(=O)NCC(O)CO)n4C)ccc3c2)CC1. The zero-order chi connectivity index (χ0) is 25.9. The highest BCUT2D eigenvalue weighted by Crippen LogP contribution is 2.29. The quantitative estimate of drug-likeness (QED) is 0.396. The van der Waals surface area contributed by atoms with Gasteiger partial charge in [0.15, 0.2) is 4.91 Å². The maximum Gasteiger partial charge on any atom is 0.250 e. The summed E-state index contributed by atoms with van der Waals surface area (Å²) in [6, 6.07) is 18.1. The maximum absolute atomic E-state index is 12.5. The Kier molecular flexibility index (Phi) is 7.78. The predicted octanol–water partition coefficient (Wildman–Crippen LogP) is 1.73. The summed E-state index contributed by atoms with van der Waals surface area (Å²) in [7, 11) is -0.178. The van der Waals surface area contributed by atoms with Crippen LogP contribution in [0.4, 0.5) is 5.69 Å². The van der Waals surface area contributed by atoms with Crippen LogP contribution >= 0.6 is 0 Å². The molecule has 2 heterocycles. The van der Waals surface area contributed by atoms with Gasteiger partial charge in [-0.3, -0.25) is 0 Å². The van der Waals surface area contributed by atoms with Crippen molar-refractivity contribution >= 4 is 32.6 Å². The van der Waals surface area contributed by atoms with Crippen molar-refractivity contribution in [1.29, 1.82) is 5.26 Å². The van der Waals surface area contributed by atoms with Crippen LogP contribution in [0.25, 0.3) is 28.1 Å². The Bertz CT molecular complexity index is 1420. The highest BCUT2D eigenvalue weighted by molar-refractivity contribution is 7.93. The minimum absolute atomic E-state index is 0.385. The number of aliphatic hydroxyl groups excluding tert-OH is 2. The van der Waals surface area contributed by atoms with Gasteiger partial charge in [0.05, 0.1) is 12.7 Å². The summed E-state index contributed by atoms with van der Waals surface area (Å²) in [6.07, 6.45) is 0.0486. The minimum Gasteiger partial charge on any atom is -0.394 e. The smallest absolute Gasteiger partial charge is 0.250 e. The van der Waals surface area contributed by atoms with Gasteiger partial charge in [0.2, 0.25) is 0 Å². The van der Waals surface area contributed by atoms with Crippen LogP contribution in [-0.2, 0) is 17.1 Å². The fraction of sp³-hybridized carbons (Fsp3) is 0.346. The fourth-order valence-corrected chi connectivity index (χ4v) is 5.23. The molecule has 9 nitrogen and oxygen atoms in total. The number of allylic oxidation sites excluding steroid dienone is 1. The number of aliphatic hydroxyl groups is 2. The summed E-state index contributed by atoms with van der Waals surface area (Å²) in [5.74, 6) is 0. The van der Waals surface area contributed by atoms with E-state index in [9.17, 15) is 18.8 Å². The van der Waals surface area contributed by atoms with E-state index in [0.717, 1.165) is 48.2 Å². The van der Waals surface area contributed by atoms with Crippen LogP contribution in [-0.4, -0.2) is 80.6 Å². The molecule has 4 rings (SSSR count). The van der Waals surface area contributed by atoms with E-state index < -0.39 is 27.6 Å². The Morgan fingerprint density at radius 3 is 2.47 bits per heavy atom. The third kappa shape index (κ3) is 5.61. The Hall–Kier alpha value is -3.20. The maximum atomic E-state index is 12.5. The number of aromatic nitrogens is 1. The number of nitrogens with one attached hydrogen (secondary N) is 1. The van der Waals surface area contributed by atoms with Gasteiger partial charge in [-0.2, -0.15) is 5.26 Å². The lowest BCUT2D eigenvalue weighted by molar-refractivity contribution is 0.0989. The first-order valence-corrected chi connectivity index (χ1v) is 13.2. The lowest BCUT2D eigenvalue weighted by Gasteiger charge is -2.34. The first-order chi connectivity index (χ1) is 17.2. The molecule has 1 unspecified atom stereocenters. The van der Waals surface area contributed by atoms with Crippen LogP contribution in [0.5, 0.6) is 0 Å². The molecular weight excluding hydrogens is 478 g/mol. The average molecular weight is 510 g/mol. The molecule has 1 aliphatic heterocycles. The molecule has 1 fully saturated rings. The molecule has 0 amide bonds. The van der Waals surface area contributed by atoms with Crippen molar-refractivity contribution in [3.8, 4) is 17.3 Å². The summed E-state index contributed by atoms with van der Waals surface area (Å²) in [5, 5.41) is 30.0. The lowest BCUT2D eigenvalue weighted by atomic mass is 10.0. The number of rotatable bonds is 8. The monoisotopic (exact) mass is 509 g/mol. The molecular formula is C26H31N5O4S. The molecule has 0 spiro atoms. The summed E-state index contributed by atoms with van der Waals surface area (Å²) in [4.78, 5) is 4.26. The zero-order valence-electron chi connectivity index (χ0n) is 20.4. The van der Waals surface area contributed by atoms with Crippen molar-refractivity contribution in [2.45, 2.75) is 6.10 Å². The van der Waals surface area contributed by atoms with Crippen LogP contribution in [0, 0.1) is 11.3 Å². The van der Waals surface area contributed by atoms with Gasteiger partial charge >= 0.3 is 0 Å². The minimum atomic E-state index is -4.13.